The molecule has 1 fully saturated rings. The third-order valence-electron chi connectivity index (χ3n) is 3.53. The fraction of sp³-hybridized carbons (Fsp3) is 0.429. The van der Waals surface area contributed by atoms with E-state index in [1.807, 2.05) is 6.92 Å². The zero-order chi connectivity index (χ0) is 13.2. The molecular formula is C14H16FN3O. The molecule has 4 nitrogen and oxygen atoms in total. The number of benzene rings is 1. The summed E-state index contributed by atoms with van der Waals surface area (Å²) >= 11 is 0. The van der Waals surface area contributed by atoms with Crippen LogP contribution in [0.25, 0.3) is 11.5 Å². The number of hydrogen-bond donors (Lipinski definition) is 1. The minimum Gasteiger partial charge on any atom is -0.334 e. The normalized spacial score (nSPS) is 19.6. The predicted octanol–water partition coefficient (Wildman–Crippen LogP) is 2.65. The van der Waals surface area contributed by atoms with Gasteiger partial charge in [-0.05, 0) is 44.0 Å². The maximum Gasteiger partial charge on any atom is 0.258 e. The van der Waals surface area contributed by atoms with Crippen molar-refractivity contribution in [2.45, 2.75) is 25.7 Å². The highest BCUT2D eigenvalue weighted by molar-refractivity contribution is 5.58. The first kappa shape index (κ1) is 12.3. The van der Waals surface area contributed by atoms with E-state index in [1.165, 1.54) is 12.1 Å². The molecule has 0 amide bonds. The SMILES string of the molecule is Cc1ccc(F)cc1-c1nc(C2CCCNC2)no1. The maximum absolute atomic E-state index is 13.3. The second-order valence-corrected chi connectivity index (χ2v) is 4.96. The Labute approximate surface area is 111 Å². The van der Waals surface area contributed by atoms with E-state index in [0.717, 1.165) is 31.5 Å². The van der Waals surface area contributed by atoms with Gasteiger partial charge in [0.15, 0.2) is 5.82 Å². The van der Waals surface area contributed by atoms with E-state index in [-0.39, 0.29) is 5.82 Å². The fourth-order valence-corrected chi connectivity index (χ4v) is 2.41. The number of halogens is 1. The zero-order valence-corrected chi connectivity index (χ0v) is 10.8. The molecule has 0 radical (unpaired) electrons. The Bertz CT molecular complexity index is 576. The number of aryl methyl sites for hydroxylation is 1. The standard InChI is InChI=1S/C14H16FN3O/c1-9-4-5-11(15)7-12(9)14-17-13(18-19-14)10-3-2-6-16-8-10/h4-5,7,10,16H,2-3,6,8H2,1H3. The minimum atomic E-state index is -0.292. The van der Waals surface area contributed by atoms with E-state index in [0.29, 0.717) is 23.2 Å². The van der Waals surface area contributed by atoms with Crippen molar-refractivity contribution < 1.29 is 8.91 Å². The Hall–Kier alpha value is -1.75. The lowest BCUT2D eigenvalue weighted by Gasteiger charge is -2.19. The lowest BCUT2D eigenvalue weighted by atomic mass is 9.99. The van der Waals surface area contributed by atoms with Crippen molar-refractivity contribution in [2.75, 3.05) is 13.1 Å². The third kappa shape index (κ3) is 2.51. The van der Waals surface area contributed by atoms with Crippen LogP contribution < -0.4 is 5.32 Å². The van der Waals surface area contributed by atoms with Crippen LogP contribution in [0.3, 0.4) is 0 Å². The van der Waals surface area contributed by atoms with Gasteiger partial charge in [0.2, 0.25) is 0 Å². The number of hydrogen-bond acceptors (Lipinski definition) is 4. The Kier molecular flexibility index (Phi) is 3.29. The molecule has 1 aromatic heterocycles. The molecule has 1 N–H and O–H groups in total. The van der Waals surface area contributed by atoms with Gasteiger partial charge in [0, 0.05) is 18.0 Å². The van der Waals surface area contributed by atoms with Crippen molar-refractivity contribution in [3.05, 3.63) is 35.4 Å². The lowest BCUT2D eigenvalue weighted by molar-refractivity contribution is 0.393. The molecule has 2 aromatic rings. The average molecular weight is 261 g/mol. The molecule has 1 aliphatic rings. The van der Waals surface area contributed by atoms with Crippen molar-refractivity contribution in [3.8, 4) is 11.5 Å². The number of rotatable bonds is 2. The molecule has 0 spiro atoms. The van der Waals surface area contributed by atoms with E-state index in [1.54, 1.807) is 6.07 Å². The number of piperidine rings is 1. The van der Waals surface area contributed by atoms with Gasteiger partial charge >= 0.3 is 0 Å². The van der Waals surface area contributed by atoms with Crippen LogP contribution in [0.4, 0.5) is 4.39 Å². The Morgan fingerprint density at radius 2 is 2.32 bits per heavy atom. The maximum atomic E-state index is 13.3. The fourth-order valence-electron chi connectivity index (χ4n) is 2.41. The van der Waals surface area contributed by atoms with Crippen molar-refractivity contribution in [3.63, 3.8) is 0 Å². The molecule has 2 heterocycles. The predicted molar refractivity (Wildman–Crippen MR) is 69.3 cm³/mol. The van der Waals surface area contributed by atoms with Crippen molar-refractivity contribution >= 4 is 0 Å². The smallest absolute Gasteiger partial charge is 0.258 e. The highest BCUT2D eigenvalue weighted by Crippen LogP contribution is 2.26. The summed E-state index contributed by atoms with van der Waals surface area (Å²) in [4.78, 5) is 4.42. The number of nitrogens with zero attached hydrogens (tertiary/aromatic N) is 2. The van der Waals surface area contributed by atoms with Crippen LogP contribution in [0.2, 0.25) is 0 Å². The monoisotopic (exact) mass is 261 g/mol. The van der Waals surface area contributed by atoms with Gasteiger partial charge in [0.1, 0.15) is 5.82 Å². The summed E-state index contributed by atoms with van der Waals surface area (Å²) < 4.78 is 18.6. The Morgan fingerprint density at radius 1 is 1.42 bits per heavy atom. The first-order valence-corrected chi connectivity index (χ1v) is 6.55. The second kappa shape index (κ2) is 5.09. The molecule has 0 aliphatic carbocycles. The Morgan fingerprint density at radius 3 is 3.11 bits per heavy atom. The molecule has 3 rings (SSSR count). The highest BCUT2D eigenvalue weighted by atomic mass is 19.1. The third-order valence-corrected chi connectivity index (χ3v) is 3.53. The topological polar surface area (TPSA) is 51.0 Å². The quantitative estimate of drug-likeness (QED) is 0.903. The van der Waals surface area contributed by atoms with Gasteiger partial charge in [0.25, 0.3) is 5.89 Å². The molecule has 0 bridgehead atoms. The molecule has 5 heteroatoms. The summed E-state index contributed by atoms with van der Waals surface area (Å²) in [6.45, 7) is 3.83. The summed E-state index contributed by atoms with van der Waals surface area (Å²) in [5.74, 6) is 1.11. The van der Waals surface area contributed by atoms with Crippen LogP contribution in [-0.4, -0.2) is 23.2 Å². The molecular weight excluding hydrogens is 245 g/mol. The summed E-state index contributed by atoms with van der Waals surface area (Å²) in [7, 11) is 0. The number of nitrogens with one attached hydrogen (secondary N) is 1. The van der Waals surface area contributed by atoms with E-state index < -0.39 is 0 Å². The van der Waals surface area contributed by atoms with Gasteiger partial charge in [-0.1, -0.05) is 11.2 Å². The Balaban J connectivity index is 1.89. The van der Waals surface area contributed by atoms with Gasteiger partial charge in [-0.25, -0.2) is 4.39 Å². The van der Waals surface area contributed by atoms with Crippen LogP contribution in [0.5, 0.6) is 0 Å². The second-order valence-electron chi connectivity index (χ2n) is 4.96. The van der Waals surface area contributed by atoms with Gasteiger partial charge in [0.05, 0.1) is 0 Å². The van der Waals surface area contributed by atoms with E-state index in [2.05, 4.69) is 15.5 Å². The molecule has 1 aromatic carbocycles. The summed E-state index contributed by atoms with van der Waals surface area (Å²) in [6, 6.07) is 4.59. The molecule has 0 saturated carbocycles. The largest absolute Gasteiger partial charge is 0.334 e. The van der Waals surface area contributed by atoms with Gasteiger partial charge < -0.3 is 9.84 Å². The average Bonchev–Trinajstić information content (AvgIpc) is 2.92. The summed E-state index contributed by atoms with van der Waals surface area (Å²) in [6.07, 6.45) is 2.18. The van der Waals surface area contributed by atoms with E-state index in [4.69, 9.17) is 4.52 Å². The minimum absolute atomic E-state index is 0.292. The van der Waals surface area contributed by atoms with Gasteiger partial charge in [-0.15, -0.1) is 0 Å². The lowest BCUT2D eigenvalue weighted by Crippen LogP contribution is -2.28. The van der Waals surface area contributed by atoms with Crippen molar-refractivity contribution in [1.29, 1.82) is 0 Å². The number of aromatic nitrogens is 2. The van der Waals surface area contributed by atoms with Crippen LogP contribution in [0.1, 0.15) is 30.1 Å². The molecule has 1 saturated heterocycles. The molecule has 100 valence electrons. The van der Waals surface area contributed by atoms with Crippen LogP contribution in [-0.2, 0) is 0 Å². The molecule has 1 unspecified atom stereocenters. The summed E-state index contributed by atoms with van der Waals surface area (Å²) in [5, 5.41) is 7.36. The van der Waals surface area contributed by atoms with Crippen molar-refractivity contribution in [2.24, 2.45) is 0 Å². The zero-order valence-electron chi connectivity index (χ0n) is 10.8. The van der Waals surface area contributed by atoms with E-state index >= 15 is 0 Å². The van der Waals surface area contributed by atoms with Crippen LogP contribution in [0, 0.1) is 12.7 Å². The van der Waals surface area contributed by atoms with Gasteiger partial charge in [-0.3, -0.25) is 0 Å². The van der Waals surface area contributed by atoms with Gasteiger partial charge in [-0.2, -0.15) is 4.98 Å². The molecule has 1 atom stereocenters. The first-order valence-electron chi connectivity index (χ1n) is 6.55. The van der Waals surface area contributed by atoms with Crippen molar-refractivity contribution in [1.82, 2.24) is 15.5 Å². The highest BCUT2D eigenvalue weighted by Gasteiger charge is 2.21. The van der Waals surface area contributed by atoms with Crippen LogP contribution in [0.15, 0.2) is 22.7 Å². The first-order chi connectivity index (χ1) is 9.24. The summed E-state index contributed by atoms with van der Waals surface area (Å²) in [5.41, 5.74) is 1.60. The van der Waals surface area contributed by atoms with Crippen LogP contribution >= 0.6 is 0 Å². The molecule has 1 aliphatic heterocycles. The molecule has 19 heavy (non-hydrogen) atoms. The van der Waals surface area contributed by atoms with E-state index in [9.17, 15) is 4.39 Å².